The van der Waals surface area contributed by atoms with Crippen LogP contribution in [0.1, 0.15) is 17.3 Å². The van der Waals surface area contributed by atoms with E-state index in [0.717, 1.165) is 17.3 Å². The highest BCUT2D eigenvalue weighted by Crippen LogP contribution is 2.07. The first-order valence-corrected chi connectivity index (χ1v) is 4.60. The zero-order chi connectivity index (χ0) is 11.0. The summed E-state index contributed by atoms with van der Waals surface area (Å²) in [5.74, 6) is 2.16. The van der Waals surface area contributed by atoms with Gasteiger partial charge in [-0.15, -0.1) is 15.3 Å². The van der Waals surface area contributed by atoms with Gasteiger partial charge >= 0.3 is 0 Å². The third-order valence-electron chi connectivity index (χ3n) is 2.49. The number of nitrogen functional groups attached to an aromatic ring is 1. The quantitative estimate of drug-likeness (QED) is 0.727. The van der Waals surface area contributed by atoms with Gasteiger partial charge in [0.25, 0.3) is 0 Å². The predicted molar refractivity (Wildman–Crippen MR) is 54.0 cm³/mol. The Labute approximate surface area is 86.9 Å². The molecule has 0 spiro atoms. The summed E-state index contributed by atoms with van der Waals surface area (Å²) in [5.41, 5.74) is 6.44. The van der Waals surface area contributed by atoms with E-state index in [1.165, 1.54) is 0 Å². The summed E-state index contributed by atoms with van der Waals surface area (Å²) in [6.07, 6.45) is 0. The van der Waals surface area contributed by atoms with E-state index in [0.29, 0.717) is 12.4 Å². The third kappa shape index (κ3) is 1.56. The van der Waals surface area contributed by atoms with Crippen LogP contribution in [-0.2, 0) is 13.6 Å². The lowest BCUT2D eigenvalue weighted by molar-refractivity contribution is 0.591. The molecule has 0 amide bonds. The lowest BCUT2D eigenvalue weighted by Crippen LogP contribution is -2.09. The van der Waals surface area contributed by atoms with Crippen molar-refractivity contribution in [2.24, 2.45) is 7.05 Å². The fraction of sp³-hybridized carbons (Fsp3) is 0.500. The van der Waals surface area contributed by atoms with Gasteiger partial charge in [-0.2, -0.15) is 0 Å². The van der Waals surface area contributed by atoms with E-state index in [4.69, 9.17) is 5.73 Å². The molecule has 0 fully saturated rings. The number of hydrogen-bond acceptors (Lipinski definition) is 5. The molecule has 80 valence electrons. The molecule has 7 heteroatoms. The van der Waals surface area contributed by atoms with Gasteiger partial charge in [-0.3, -0.25) is 0 Å². The third-order valence-corrected chi connectivity index (χ3v) is 2.49. The molecular weight excluding hydrogens is 194 g/mol. The van der Waals surface area contributed by atoms with Crippen LogP contribution in [0.25, 0.3) is 0 Å². The molecule has 15 heavy (non-hydrogen) atoms. The van der Waals surface area contributed by atoms with Crippen molar-refractivity contribution >= 4 is 5.82 Å². The molecule has 0 saturated carbocycles. The molecule has 0 aliphatic carbocycles. The van der Waals surface area contributed by atoms with Crippen molar-refractivity contribution in [3.63, 3.8) is 0 Å². The van der Waals surface area contributed by atoms with Gasteiger partial charge in [0.1, 0.15) is 12.4 Å². The van der Waals surface area contributed by atoms with Crippen LogP contribution in [0.5, 0.6) is 0 Å². The number of hydrogen-bond donors (Lipinski definition) is 1. The molecule has 2 aromatic heterocycles. The van der Waals surface area contributed by atoms with Crippen molar-refractivity contribution in [2.75, 3.05) is 5.73 Å². The van der Waals surface area contributed by atoms with Gasteiger partial charge in [-0.25, -0.2) is 4.68 Å². The normalized spacial score (nSPS) is 10.9. The Morgan fingerprint density at radius 3 is 2.40 bits per heavy atom. The van der Waals surface area contributed by atoms with Gasteiger partial charge in [0.05, 0.1) is 5.69 Å². The first kappa shape index (κ1) is 9.63. The van der Waals surface area contributed by atoms with Crippen LogP contribution in [0.3, 0.4) is 0 Å². The number of nitrogens with zero attached hydrogens (tertiary/aromatic N) is 6. The SMILES string of the molecule is Cc1c(N)nnn1Cc1nnc(C)n1C. The Balaban J connectivity index is 2.29. The maximum atomic E-state index is 5.60. The first-order valence-electron chi connectivity index (χ1n) is 4.60. The van der Waals surface area contributed by atoms with Gasteiger partial charge in [-0.05, 0) is 13.8 Å². The second kappa shape index (κ2) is 3.34. The summed E-state index contributed by atoms with van der Waals surface area (Å²) < 4.78 is 3.62. The molecule has 0 unspecified atom stereocenters. The molecule has 0 saturated heterocycles. The summed E-state index contributed by atoms with van der Waals surface area (Å²) in [4.78, 5) is 0. The largest absolute Gasteiger partial charge is 0.381 e. The number of rotatable bonds is 2. The summed E-state index contributed by atoms with van der Waals surface area (Å²) >= 11 is 0. The van der Waals surface area contributed by atoms with Gasteiger partial charge in [0.2, 0.25) is 0 Å². The lowest BCUT2D eigenvalue weighted by Gasteiger charge is -2.02. The molecule has 0 bridgehead atoms. The lowest BCUT2D eigenvalue weighted by atomic mass is 10.4. The van der Waals surface area contributed by atoms with E-state index < -0.39 is 0 Å². The molecule has 2 rings (SSSR count). The Kier molecular flexibility index (Phi) is 2.14. The molecule has 0 aliphatic heterocycles. The van der Waals surface area contributed by atoms with E-state index in [9.17, 15) is 0 Å². The second-order valence-corrected chi connectivity index (χ2v) is 3.44. The Bertz CT molecular complexity index is 437. The smallest absolute Gasteiger partial charge is 0.168 e. The topological polar surface area (TPSA) is 87.4 Å². The van der Waals surface area contributed by atoms with Crippen LogP contribution in [0.4, 0.5) is 5.82 Å². The number of nitrogens with two attached hydrogens (primary N) is 1. The maximum Gasteiger partial charge on any atom is 0.168 e. The Hall–Kier alpha value is -1.92. The van der Waals surface area contributed by atoms with Crippen molar-refractivity contribution in [3.8, 4) is 0 Å². The molecule has 0 radical (unpaired) electrons. The number of anilines is 1. The molecule has 2 heterocycles. The van der Waals surface area contributed by atoms with E-state index >= 15 is 0 Å². The molecule has 2 N–H and O–H groups in total. The number of aromatic nitrogens is 6. The number of aryl methyl sites for hydroxylation is 1. The van der Waals surface area contributed by atoms with E-state index in [2.05, 4.69) is 20.5 Å². The molecule has 0 atom stereocenters. The van der Waals surface area contributed by atoms with E-state index in [-0.39, 0.29) is 0 Å². The van der Waals surface area contributed by atoms with E-state index in [1.807, 2.05) is 25.5 Å². The Morgan fingerprint density at radius 1 is 1.20 bits per heavy atom. The molecule has 0 aromatic carbocycles. The predicted octanol–water partition coefficient (Wildman–Crippen LogP) is -0.346. The van der Waals surface area contributed by atoms with Gasteiger partial charge < -0.3 is 10.3 Å². The summed E-state index contributed by atoms with van der Waals surface area (Å²) in [6.45, 7) is 4.31. The van der Waals surface area contributed by atoms with Crippen molar-refractivity contribution < 1.29 is 0 Å². The summed E-state index contributed by atoms with van der Waals surface area (Å²) in [5, 5.41) is 15.7. The summed E-state index contributed by atoms with van der Waals surface area (Å²) in [6, 6.07) is 0. The fourth-order valence-corrected chi connectivity index (χ4v) is 1.25. The van der Waals surface area contributed by atoms with Crippen LogP contribution in [0, 0.1) is 13.8 Å². The molecular formula is C8H13N7. The van der Waals surface area contributed by atoms with Crippen LogP contribution in [-0.4, -0.2) is 29.8 Å². The standard InChI is InChI=1S/C8H13N7/c1-5-8(9)12-13-15(5)4-7-11-10-6(2)14(7)3/h4,9H2,1-3H3. The Morgan fingerprint density at radius 2 is 1.93 bits per heavy atom. The highest BCUT2D eigenvalue weighted by Gasteiger charge is 2.09. The van der Waals surface area contributed by atoms with Crippen LogP contribution < -0.4 is 5.73 Å². The minimum Gasteiger partial charge on any atom is -0.381 e. The van der Waals surface area contributed by atoms with Gasteiger partial charge in [-0.1, -0.05) is 5.21 Å². The maximum absolute atomic E-state index is 5.60. The summed E-state index contributed by atoms with van der Waals surface area (Å²) in [7, 11) is 1.92. The van der Waals surface area contributed by atoms with Crippen LogP contribution in [0.15, 0.2) is 0 Å². The van der Waals surface area contributed by atoms with E-state index in [1.54, 1.807) is 4.68 Å². The highest BCUT2D eigenvalue weighted by atomic mass is 15.5. The first-order chi connectivity index (χ1) is 7.09. The van der Waals surface area contributed by atoms with Gasteiger partial charge in [0.15, 0.2) is 11.6 Å². The average Bonchev–Trinajstić information content (AvgIpc) is 2.68. The van der Waals surface area contributed by atoms with Crippen molar-refractivity contribution in [1.82, 2.24) is 29.8 Å². The minimum absolute atomic E-state index is 0.453. The molecule has 2 aromatic rings. The average molecular weight is 207 g/mol. The molecule has 0 aliphatic rings. The minimum atomic E-state index is 0.453. The van der Waals surface area contributed by atoms with Crippen molar-refractivity contribution in [1.29, 1.82) is 0 Å². The van der Waals surface area contributed by atoms with Crippen molar-refractivity contribution in [3.05, 3.63) is 17.3 Å². The molecule has 7 nitrogen and oxygen atoms in total. The van der Waals surface area contributed by atoms with Crippen molar-refractivity contribution in [2.45, 2.75) is 20.4 Å². The zero-order valence-electron chi connectivity index (χ0n) is 8.97. The van der Waals surface area contributed by atoms with Crippen LogP contribution >= 0.6 is 0 Å². The fourth-order valence-electron chi connectivity index (χ4n) is 1.25. The van der Waals surface area contributed by atoms with Gasteiger partial charge in [0, 0.05) is 7.05 Å². The second-order valence-electron chi connectivity index (χ2n) is 3.44. The van der Waals surface area contributed by atoms with Crippen LogP contribution in [0.2, 0.25) is 0 Å². The zero-order valence-corrected chi connectivity index (χ0v) is 8.97. The highest BCUT2D eigenvalue weighted by molar-refractivity contribution is 5.31. The monoisotopic (exact) mass is 207 g/mol.